The molecule has 5 rings (SSSR count). The average Bonchev–Trinajstić information content (AvgIpc) is 3.03. The number of carbonyl (C=O) groups excluding carboxylic acids is 3. The minimum atomic E-state index is -1.32. The van der Waals surface area contributed by atoms with Crippen molar-refractivity contribution in [3.8, 4) is 11.5 Å². The number of hydrogen-bond donors (Lipinski definition) is 2. The second-order valence-electron chi connectivity index (χ2n) is 9.29. The first-order chi connectivity index (χ1) is 17.4. The van der Waals surface area contributed by atoms with Crippen LogP contribution in [-0.2, 0) is 26.4 Å². The standard InChI is InChI=1S/C26H30N4O6/c1-26(19-5-8-21-22(15-19)36-12-2-11-35-21)24(32)30(25(33)28-26)17-23(31)27-20-6-3-18(4-7-20)16-29-9-13-34-14-10-29/h3-8,15H,2,9-14,16-17H2,1H3,(H,27,31)(H,28,33). The SMILES string of the molecule is CC1(c2ccc3c(c2)OCCCO3)NC(=O)N(CC(=O)Nc2ccc(CN3CCOCC3)cc2)C1=O. The van der Waals surface area contributed by atoms with Crippen LogP contribution in [-0.4, -0.2) is 73.7 Å². The Bertz CT molecular complexity index is 1150. The van der Waals surface area contributed by atoms with Crippen molar-refractivity contribution in [3.63, 3.8) is 0 Å². The molecule has 0 radical (unpaired) electrons. The first-order valence-electron chi connectivity index (χ1n) is 12.2. The van der Waals surface area contributed by atoms with Gasteiger partial charge in [0.05, 0.1) is 26.4 Å². The van der Waals surface area contributed by atoms with E-state index in [1.165, 1.54) is 0 Å². The van der Waals surface area contributed by atoms with Gasteiger partial charge in [0.1, 0.15) is 12.1 Å². The van der Waals surface area contributed by atoms with Crippen LogP contribution < -0.4 is 20.1 Å². The van der Waals surface area contributed by atoms with Gasteiger partial charge in [-0.15, -0.1) is 0 Å². The summed E-state index contributed by atoms with van der Waals surface area (Å²) in [5.41, 5.74) is 0.977. The Morgan fingerprint density at radius 3 is 2.47 bits per heavy atom. The first-order valence-corrected chi connectivity index (χ1v) is 12.2. The zero-order valence-corrected chi connectivity index (χ0v) is 20.2. The highest BCUT2D eigenvalue weighted by Crippen LogP contribution is 2.36. The van der Waals surface area contributed by atoms with Crippen LogP contribution in [0.3, 0.4) is 0 Å². The number of urea groups is 1. The minimum Gasteiger partial charge on any atom is -0.490 e. The number of carbonyl (C=O) groups is 3. The van der Waals surface area contributed by atoms with Gasteiger partial charge in [-0.3, -0.25) is 19.4 Å². The highest BCUT2D eigenvalue weighted by atomic mass is 16.5. The Morgan fingerprint density at radius 1 is 1.00 bits per heavy atom. The maximum absolute atomic E-state index is 13.3. The zero-order valence-electron chi connectivity index (χ0n) is 20.2. The van der Waals surface area contributed by atoms with E-state index in [0.717, 1.165) is 49.7 Å². The van der Waals surface area contributed by atoms with Gasteiger partial charge >= 0.3 is 6.03 Å². The van der Waals surface area contributed by atoms with E-state index in [1.54, 1.807) is 25.1 Å². The fraction of sp³-hybridized carbons (Fsp3) is 0.423. The summed E-state index contributed by atoms with van der Waals surface area (Å²) in [6.07, 6.45) is 0.760. The van der Waals surface area contributed by atoms with Crippen molar-refractivity contribution in [2.45, 2.75) is 25.4 Å². The number of imide groups is 1. The van der Waals surface area contributed by atoms with E-state index in [1.807, 2.05) is 24.3 Å². The van der Waals surface area contributed by atoms with Gasteiger partial charge < -0.3 is 24.8 Å². The largest absolute Gasteiger partial charge is 0.490 e. The molecular formula is C26H30N4O6. The van der Waals surface area contributed by atoms with Crippen LogP contribution in [0.1, 0.15) is 24.5 Å². The quantitative estimate of drug-likeness (QED) is 0.592. The third kappa shape index (κ3) is 5.00. The molecule has 2 saturated heterocycles. The van der Waals surface area contributed by atoms with Crippen molar-refractivity contribution in [1.29, 1.82) is 0 Å². The van der Waals surface area contributed by atoms with Gasteiger partial charge in [-0.25, -0.2) is 4.79 Å². The maximum atomic E-state index is 13.3. The zero-order chi connectivity index (χ0) is 25.1. The van der Waals surface area contributed by atoms with Gasteiger partial charge in [-0.2, -0.15) is 0 Å². The third-order valence-electron chi connectivity index (χ3n) is 6.65. The molecule has 2 N–H and O–H groups in total. The number of anilines is 1. The van der Waals surface area contributed by atoms with Crippen molar-refractivity contribution in [1.82, 2.24) is 15.1 Å². The van der Waals surface area contributed by atoms with Gasteiger partial charge in [0, 0.05) is 31.7 Å². The van der Waals surface area contributed by atoms with E-state index >= 15 is 0 Å². The summed E-state index contributed by atoms with van der Waals surface area (Å²) in [5, 5.41) is 5.50. The smallest absolute Gasteiger partial charge is 0.325 e. The molecule has 190 valence electrons. The first kappa shape index (κ1) is 24.1. The molecule has 2 aromatic carbocycles. The van der Waals surface area contributed by atoms with E-state index in [-0.39, 0.29) is 6.54 Å². The predicted molar refractivity (Wildman–Crippen MR) is 131 cm³/mol. The topological polar surface area (TPSA) is 109 Å². The number of nitrogens with one attached hydrogen (secondary N) is 2. The fourth-order valence-electron chi connectivity index (χ4n) is 4.57. The molecular weight excluding hydrogens is 464 g/mol. The van der Waals surface area contributed by atoms with Crippen molar-refractivity contribution in [2.75, 3.05) is 51.4 Å². The molecule has 3 aliphatic heterocycles. The highest BCUT2D eigenvalue weighted by Gasteiger charge is 2.49. The molecule has 10 nitrogen and oxygen atoms in total. The lowest BCUT2D eigenvalue weighted by Crippen LogP contribution is -2.42. The normalized spacial score (nSPS) is 22.2. The molecule has 4 amide bonds. The molecule has 2 fully saturated rings. The molecule has 1 atom stereocenters. The molecule has 0 aliphatic carbocycles. The highest BCUT2D eigenvalue weighted by molar-refractivity contribution is 6.10. The monoisotopic (exact) mass is 494 g/mol. The van der Waals surface area contributed by atoms with Crippen LogP contribution in [0.25, 0.3) is 0 Å². The Kier molecular flexibility index (Phi) is 6.80. The van der Waals surface area contributed by atoms with E-state index in [0.29, 0.717) is 36.0 Å². The number of amides is 4. The summed E-state index contributed by atoms with van der Waals surface area (Å²) in [6, 6.07) is 12.1. The average molecular weight is 495 g/mol. The molecule has 0 spiro atoms. The van der Waals surface area contributed by atoms with Crippen LogP contribution in [0.15, 0.2) is 42.5 Å². The summed E-state index contributed by atoms with van der Waals surface area (Å²) in [7, 11) is 0. The van der Waals surface area contributed by atoms with Crippen molar-refractivity contribution in [3.05, 3.63) is 53.6 Å². The number of benzene rings is 2. The summed E-state index contributed by atoms with van der Waals surface area (Å²) in [4.78, 5) is 41.9. The number of fused-ring (bicyclic) bond motifs is 1. The van der Waals surface area contributed by atoms with E-state index in [2.05, 4.69) is 15.5 Å². The van der Waals surface area contributed by atoms with Crippen LogP contribution in [0, 0.1) is 0 Å². The second-order valence-corrected chi connectivity index (χ2v) is 9.29. The predicted octanol–water partition coefficient (Wildman–Crippen LogP) is 2.09. The number of morpholine rings is 1. The number of ether oxygens (including phenoxy) is 3. The molecule has 3 aliphatic rings. The molecule has 0 saturated carbocycles. The Labute approximate surface area is 209 Å². The van der Waals surface area contributed by atoms with E-state index in [4.69, 9.17) is 14.2 Å². The number of rotatable bonds is 6. The van der Waals surface area contributed by atoms with Crippen LogP contribution in [0.5, 0.6) is 11.5 Å². The van der Waals surface area contributed by atoms with Gasteiger partial charge in [0.25, 0.3) is 5.91 Å². The summed E-state index contributed by atoms with van der Waals surface area (Å²) < 4.78 is 16.8. The minimum absolute atomic E-state index is 0.389. The molecule has 36 heavy (non-hydrogen) atoms. The molecule has 3 heterocycles. The van der Waals surface area contributed by atoms with Crippen molar-refractivity contribution < 1.29 is 28.6 Å². The maximum Gasteiger partial charge on any atom is 0.325 e. The second kappa shape index (κ2) is 10.2. The molecule has 10 heteroatoms. The van der Waals surface area contributed by atoms with Crippen molar-refractivity contribution in [2.24, 2.45) is 0 Å². The van der Waals surface area contributed by atoms with Crippen LogP contribution >= 0.6 is 0 Å². The third-order valence-corrected chi connectivity index (χ3v) is 6.65. The fourth-order valence-corrected chi connectivity index (χ4v) is 4.57. The van der Waals surface area contributed by atoms with Gasteiger partial charge in [0.2, 0.25) is 5.91 Å². The molecule has 0 aromatic heterocycles. The molecule has 1 unspecified atom stereocenters. The summed E-state index contributed by atoms with van der Waals surface area (Å²) >= 11 is 0. The van der Waals surface area contributed by atoms with Gasteiger partial charge in [0.15, 0.2) is 11.5 Å². The lowest BCUT2D eigenvalue weighted by Gasteiger charge is -2.26. The van der Waals surface area contributed by atoms with E-state index in [9.17, 15) is 14.4 Å². The molecule has 0 bridgehead atoms. The van der Waals surface area contributed by atoms with E-state index < -0.39 is 23.4 Å². The Hall–Kier alpha value is -3.63. The lowest BCUT2D eigenvalue weighted by molar-refractivity contribution is -0.133. The number of nitrogens with zero attached hydrogens (tertiary/aromatic N) is 2. The van der Waals surface area contributed by atoms with Crippen molar-refractivity contribution >= 4 is 23.5 Å². The summed E-state index contributed by atoms with van der Waals surface area (Å²) in [5.74, 6) is 0.172. The van der Waals surface area contributed by atoms with Crippen LogP contribution in [0.2, 0.25) is 0 Å². The van der Waals surface area contributed by atoms with Gasteiger partial charge in [-0.1, -0.05) is 18.2 Å². The Balaban J connectivity index is 1.21. The summed E-state index contributed by atoms with van der Waals surface area (Å²) in [6.45, 7) is 6.39. The van der Waals surface area contributed by atoms with Gasteiger partial charge in [-0.05, 0) is 42.3 Å². The Morgan fingerprint density at radius 2 is 1.72 bits per heavy atom. The lowest BCUT2D eigenvalue weighted by atomic mass is 9.91. The molecule has 2 aromatic rings. The van der Waals surface area contributed by atoms with Crippen LogP contribution in [0.4, 0.5) is 10.5 Å². The number of hydrogen-bond acceptors (Lipinski definition) is 7.